The predicted molar refractivity (Wildman–Crippen MR) is 113 cm³/mol. The number of aliphatic carboxylic acids is 2. The molecule has 14 heteroatoms. The number of nitrogens with one attached hydrogen (secondary N) is 1. The molecule has 0 bridgehead atoms. The number of sulfonamides is 1. The van der Waals surface area contributed by atoms with Crippen LogP contribution in [-0.2, 0) is 30.9 Å². The highest BCUT2D eigenvalue weighted by molar-refractivity contribution is 7.92. The predicted octanol–water partition coefficient (Wildman–Crippen LogP) is 1.82. The third-order valence-electron chi connectivity index (χ3n) is 4.58. The zero-order chi connectivity index (χ0) is 24.6. The van der Waals surface area contributed by atoms with Gasteiger partial charge in [-0.2, -0.15) is 13.2 Å². The molecule has 2 heterocycles. The maximum absolute atomic E-state index is 12.3. The number of hydrogen-bond acceptors (Lipinski definition) is 6. The number of hydrogen-bond donors (Lipinski definition) is 3. The molecule has 1 aliphatic rings. The molecular formula is C19H24F3N3O7S. The molecule has 2 aromatic rings. The molecule has 1 aromatic carbocycles. The molecule has 0 atom stereocenters. The fourth-order valence-corrected chi connectivity index (χ4v) is 4.18. The standard InChI is InChI=1S/C17H23N3O5S.C2HF3O2/c21-17(22)13-20-6-4-14-12-15(2-3-16(14)20)18-26(23,24)11-1-5-19-7-9-25-10-8-19;3-2(4,5)1(6)7/h2-4,6,12,18H,1,5,7-11,13H2,(H,21,22);(H,6,7). The van der Waals surface area contributed by atoms with E-state index in [0.29, 0.717) is 25.3 Å². The topological polar surface area (TPSA) is 138 Å². The lowest BCUT2D eigenvalue weighted by Crippen LogP contribution is -2.37. The second-order valence-electron chi connectivity index (χ2n) is 7.14. The minimum Gasteiger partial charge on any atom is -0.480 e. The van der Waals surface area contributed by atoms with Crippen LogP contribution < -0.4 is 4.72 Å². The SMILES string of the molecule is O=C(O)C(F)(F)F.O=C(O)Cn1ccc2cc(NS(=O)(=O)CCCN3CCOCC3)ccc21. The van der Waals surface area contributed by atoms with E-state index in [1.165, 1.54) is 0 Å². The van der Waals surface area contributed by atoms with Gasteiger partial charge in [-0.15, -0.1) is 0 Å². The Balaban J connectivity index is 0.000000479. The van der Waals surface area contributed by atoms with Crippen molar-refractivity contribution in [2.75, 3.05) is 43.3 Å². The highest BCUT2D eigenvalue weighted by atomic mass is 32.2. The molecule has 3 N–H and O–H groups in total. The smallest absolute Gasteiger partial charge is 0.480 e. The molecule has 0 amide bonds. The Bertz CT molecular complexity index is 1060. The van der Waals surface area contributed by atoms with Gasteiger partial charge in [-0.05, 0) is 37.2 Å². The van der Waals surface area contributed by atoms with E-state index in [9.17, 15) is 26.4 Å². The monoisotopic (exact) mass is 495 g/mol. The molecule has 0 unspecified atom stereocenters. The van der Waals surface area contributed by atoms with Gasteiger partial charge in [-0.25, -0.2) is 13.2 Å². The first-order valence-corrected chi connectivity index (χ1v) is 11.4. The zero-order valence-electron chi connectivity index (χ0n) is 17.4. The number of carbonyl (C=O) groups is 2. The van der Waals surface area contributed by atoms with Crippen molar-refractivity contribution in [2.45, 2.75) is 19.1 Å². The van der Waals surface area contributed by atoms with Gasteiger partial charge < -0.3 is 19.5 Å². The first kappa shape index (κ1) is 26.4. The number of carboxylic acid groups (broad SMARTS) is 2. The van der Waals surface area contributed by atoms with E-state index in [2.05, 4.69) is 9.62 Å². The fraction of sp³-hybridized carbons (Fsp3) is 0.474. The minimum absolute atomic E-state index is 0.0580. The van der Waals surface area contributed by atoms with Crippen molar-refractivity contribution in [2.24, 2.45) is 0 Å². The number of nitrogens with zero attached hydrogens (tertiary/aromatic N) is 2. The molecule has 0 radical (unpaired) electrons. The molecule has 1 saturated heterocycles. The lowest BCUT2D eigenvalue weighted by Gasteiger charge is -2.26. The number of anilines is 1. The Morgan fingerprint density at radius 2 is 1.76 bits per heavy atom. The van der Waals surface area contributed by atoms with Gasteiger partial charge in [-0.1, -0.05) is 0 Å². The largest absolute Gasteiger partial charge is 0.490 e. The van der Waals surface area contributed by atoms with E-state index in [-0.39, 0.29) is 12.3 Å². The van der Waals surface area contributed by atoms with E-state index in [1.807, 2.05) is 0 Å². The fourth-order valence-electron chi connectivity index (χ4n) is 3.08. The summed E-state index contributed by atoms with van der Waals surface area (Å²) >= 11 is 0. The molecule has 0 spiro atoms. The molecule has 184 valence electrons. The van der Waals surface area contributed by atoms with Crippen LogP contribution in [0.25, 0.3) is 10.9 Å². The molecule has 3 rings (SSSR count). The maximum atomic E-state index is 12.3. The highest BCUT2D eigenvalue weighted by Gasteiger charge is 2.38. The van der Waals surface area contributed by atoms with Gasteiger partial charge in [0.1, 0.15) is 6.54 Å². The molecule has 33 heavy (non-hydrogen) atoms. The van der Waals surface area contributed by atoms with Gasteiger partial charge in [0.2, 0.25) is 10.0 Å². The van der Waals surface area contributed by atoms with Crippen LogP contribution in [-0.4, -0.2) is 84.8 Å². The number of ether oxygens (including phenoxy) is 1. The normalized spacial score (nSPS) is 15.0. The van der Waals surface area contributed by atoms with Crippen molar-refractivity contribution in [3.05, 3.63) is 30.5 Å². The average Bonchev–Trinajstić information content (AvgIpc) is 3.09. The van der Waals surface area contributed by atoms with Gasteiger partial charge in [0.25, 0.3) is 0 Å². The van der Waals surface area contributed by atoms with Crippen LogP contribution in [0.3, 0.4) is 0 Å². The van der Waals surface area contributed by atoms with Crippen molar-refractivity contribution in [1.82, 2.24) is 9.47 Å². The molecule has 1 aromatic heterocycles. The molecular weight excluding hydrogens is 471 g/mol. The number of morpholine rings is 1. The number of aromatic nitrogens is 1. The second kappa shape index (κ2) is 11.3. The second-order valence-corrected chi connectivity index (χ2v) is 8.98. The van der Waals surface area contributed by atoms with Crippen molar-refractivity contribution in [3.63, 3.8) is 0 Å². The van der Waals surface area contributed by atoms with Crippen LogP contribution in [0.15, 0.2) is 30.5 Å². The number of halogens is 3. The number of rotatable bonds is 8. The molecule has 0 aliphatic carbocycles. The van der Waals surface area contributed by atoms with Crippen LogP contribution >= 0.6 is 0 Å². The maximum Gasteiger partial charge on any atom is 0.490 e. The highest BCUT2D eigenvalue weighted by Crippen LogP contribution is 2.21. The third kappa shape index (κ3) is 8.90. The number of carboxylic acids is 2. The Morgan fingerprint density at radius 1 is 1.12 bits per heavy atom. The van der Waals surface area contributed by atoms with Crippen LogP contribution in [0.2, 0.25) is 0 Å². The van der Waals surface area contributed by atoms with Crippen LogP contribution in [0.4, 0.5) is 18.9 Å². The summed E-state index contributed by atoms with van der Waals surface area (Å²) in [4.78, 5) is 22.0. The third-order valence-corrected chi connectivity index (χ3v) is 5.96. The summed E-state index contributed by atoms with van der Waals surface area (Å²) in [6.45, 7) is 3.70. The van der Waals surface area contributed by atoms with E-state index in [4.69, 9.17) is 19.7 Å². The molecule has 1 aliphatic heterocycles. The Kier molecular flexibility index (Phi) is 9.07. The Hall–Kier alpha value is -2.84. The Morgan fingerprint density at radius 3 is 2.33 bits per heavy atom. The molecule has 10 nitrogen and oxygen atoms in total. The lowest BCUT2D eigenvalue weighted by molar-refractivity contribution is -0.192. The molecule has 1 fully saturated rings. The quantitative estimate of drug-likeness (QED) is 0.504. The summed E-state index contributed by atoms with van der Waals surface area (Å²) in [7, 11) is -3.43. The van der Waals surface area contributed by atoms with E-state index in [0.717, 1.165) is 30.5 Å². The van der Waals surface area contributed by atoms with Crippen molar-refractivity contribution >= 4 is 38.6 Å². The average molecular weight is 495 g/mol. The Labute approximate surface area is 187 Å². The van der Waals surface area contributed by atoms with Crippen molar-refractivity contribution in [3.8, 4) is 0 Å². The van der Waals surface area contributed by atoms with Gasteiger partial charge in [-0.3, -0.25) is 14.4 Å². The van der Waals surface area contributed by atoms with Crippen LogP contribution in [0, 0.1) is 0 Å². The summed E-state index contributed by atoms with van der Waals surface area (Å²) in [5.41, 5.74) is 1.24. The van der Waals surface area contributed by atoms with E-state index < -0.39 is 28.1 Å². The van der Waals surface area contributed by atoms with Crippen molar-refractivity contribution in [1.29, 1.82) is 0 Å². The summed E-state index contributed by atoms with van der Waals surface area (Å²) in [6, 6.07) is 6.87. The summed E-state index contributed by atoms with van der Waals surface area (Å²) in [5, 5.41) is 16.8. The molecule has 0 saturated carbocycles. The van der Waals surface area contributed by atoms with Crippen LogP contribution in [0.1, 0.15) is 6.42 Å². The van der Waals surface area contributed by atoms with Crippen LogP contribution in [0.5, 0.6) is 0 Å². The first-order valence-electron chi connectivity index (χ1n) is 9.79. The first-order chi connectivity index (χ1) is 15.4. The van der Waals surface area contributed by atoms with Gasteiger partial charge in [0.15, 0.2) is 0 Å². The minimum atomic E-state index is -5.08. The number of alkyl halides is 3. The van der Waals surface area contributed by atoms with Gasteiger partial charge >= 0.3 is 18.1 Å². The lowest BCUT2D eigenvalue weighted by atomic mass is 10.2. The number of benzene rings is 1. The van der Waals surface area contributed by atoms with Gasteiger partial charge in [0.05, 0.1) is 19.0 Å². The zero-order valence-corrected chi connectivity index (χ0v) is 18.2. The summed E-state index contributed by atoms with van der Waals surface area (Å²) in [5.74, 6) is -3.62. The summed E-state index contributed by atoms with van der Waals surface area (Å²) < 4.78 is 65.8. The number of fused-ring (bicyclic) bond motifs is 1. The van der Waals surface area contributed by atoms with E-state index >= 15 is 0 Å². The van der Waals surface area contributed by atoms with E-state index in [1.54, 1.807) is 35.0 Å². The van der Waals surface area contributed by atoms with Gasteiger partial charge in [0, 0.05) is 35.9 Å². The summed E-state index contributed by atoms with van der Waals surface area (Å²) in [6.07, 6.45) is -2.84. The van der Waals surface area contributed by atoms with Crippen molar-refractivity contribution < 1.29 is 46.1 Å².